The zero-order chi connectivity index (χ0) is 17.3. The van der Waals surface area contributed by atoms with Crippen molar-refractivity contribution >= 4 is 17.7 Å². The molecule has 0 saturated heterocycles. The first kappa shape index (κ1) is 15.7. The van der Waals surface area contributed by atoms with Gasteiger partial charge in [0.05, 0.1) is 0 Å². The van der Waals surface area contributed by atoms with E-state index >= 15 is 0 Å². The predicted molar refractivity (Wildman–Crippen MR) is 89.0 cm³/mol. The number of benzene rings is 2. The first-order valence-electron chi connectivity index (χ1n) is 7.53. The minimum Gasteiger partial charge on any atom is -0.368 e. The van der Waals surface area contributed by atoms with Gasteiger partial charge in [0.1, 0.15) is 13.1 Å². The molecule has 2 aromatic carbocycles. The van der Waals surface area contributed by atoms with Crippen molar-refractivity contribution in [3.8, 4) is 11.1 Å². The number of nitrogens with zero attached hydrogens (tertiary/aromatic N) is 1. The zero-order valence-electron chi connectivity index (χ0n) is 13.0. The third kappa shape index (κ3) is 2.99. The van der Waals surface area contributed by atoms with E-state index in [2.05, 4.69) is 12.1 Å². The van der Waals surface area contributed by atoms with Gasteiger partial charge in [-0.1, -0.05) is 30.3 Å². The summed E-state index contributed by atoms with van der Waals surface area (Å²) in [4.78, 5) is 35.9. The second-order valence-electron chi connectivity index (χ2n) is 5.80. The number of hydrogen-bond donors (Lipinski definition) is 2. The summed E-state index contributed by atoms with van der Waals surface area (Å²) in [6, 6.07) is 13.5. The van der Waals surface area contributed by atoms with Crippen molar-refractivity contribution in [2.24, 2.45) is 11.5 Å². The number of fused-ring (bicyclic) bond motifs is 3. The van der Waals surface area contributed by atoms with Crippen LogP contribution in [0.4, 0.5) is 0 Å². The van der Waals surface area contributed by atoms with Gasteiger partial charge in [-0.25, -0.2) is 0 Å². The molecule has 24 heavy (non-hydrogen) atoms. The number of amides is 3. The quantitative estimate of drug-likeness (QED) is 0.720. The fraction of sp³-hybridized carbons (Fsp3) is 0.167. The van der Waals surface area contributed by atoms with E-state index in [0.29, 0.717) is 5.56 Å². The van der Waals surface area contributed by atoms with Crippen LogP contribution >= 0.6 is 0 Å². The number of rotatable bonds is 5. The van der Waals surface area contributed by atoms with E-state index in [1.807, 2.05) is 18.2 Å². The molecule has 0 atom stereocenters. The van der Waals surface area contributed by atoms with Gasteiger partial charge in [0, 0.05) is 5.56 Å². The number of nitrogens with two attached hydrogens (primary N) is 2. The van der Waals surface area contributed by atoms with Crippen molar-refractivity contribution in [3.05, 3.63) is 59.2 Å². The second kappa shape index (κ2) is 6.16. The van der Waals surface area contributed by atoms with Crippen molar-refractivity contribution in [3.63, 3.8) is 0 Å². The van der Waals surface area contributed by atoms with E-state index in [0.717, 1.165) is 28.0 Å². The second-order valence-corrected chi connectivity index (χ2v) is 5.80. The third-order valence-electron chi connectivity index (χ3n) is 4.02. The summed E-state index contributed by atoms with van der Waals surface area (Å²) in [7, 11) is 0. The van der Waals surface area contributed by atoms with Gasteiger partial charge in [0.15, 0.2) is 0 Å². The molecule has 0 aromatic heterocycles. The Kier molecular flexibility index (Phi) is 4.04. The van der Waals surface area contributed by atoms with Crippen LogP contribution in [0.3, 0.4) is 0 Å². The minimum atomic E-state index is -0.696. The molecule has 1 aliphatic rings. The summed E-state index contributed by atoms with van der Waals surface area (Å²) in [5.41, 5.74) is 15.2. The molecule has 122 valence electrons. The van der Waals surface area contributed by atoms with Crippen LogP contribution in [0.2, 0.25) is 0 Å². The molecule has 3 amide bonds. The fourth-order valence-electron chi connectivity index (χ4n) is 3.04. The Balaban J connectivity index is 1.90. The average Bonchev–Trinajstić information content (AvgIpc) is 2.90. The fourth-order valence-corrected chi connectivity index (χ4v) is 3.04. The van der Waals surface area contributed by atoms with Gasteiger partial charge in [0.25, 0.3) is 5.91 Å². The van der Waals surface area contributed by atoms with Crippen LogP contribution < -0.4 is 11.5 Å². The standard InChI is InChI=1S/C18H17N3O3/c19-16(22)9-21(10-17(20)23)18(24)12-5-6-15-13(8-12)7-11-3-1-2-4-14(11)15/h1-6,8H,7,9-10H2,(H2,19,22)(H2,20,23). The molecule has 0 spiro atoms. The van der Waals surface area contributed by atoms with Crippen LogP contribution in [0.1, 0.15) is 21.5 Å². The predicted octanol–water partition coefficient (Wildman–Crippen LogP) is 0.671. The average molecular weight is 323 g/mol. The van der Waals surface area contributed by atoms with Gasteiger partial charge < -0.3 is 16.4 Å². The van der Waals surface area contributed by atoms with Crippen LogP contribution in [-0.2, 0) is 16.0 Å². The monoisotopic (exact) mass is 323 g/mol. The highest BCUT2D eigenvalue weighted by atomic mass is 16.2. The molecule has 0 heterocycles. The van der Waals surface area contributed by atoms with E-state index in [4.69, 9.17) is 11.5 Å². The summed E-state index contributed by atoms with van der Waals surface area (Å²) < 4.78 is 0. The molecule has 0 aliphatic heterocycles. The summed E-state index contributed by atoms with van der Waals surface area (Å²) in [6.45, 7) is -0.696. The first-order chi connectivity index (χ1) is 11.5. The van der Waals surface area contributed by atoms with Gasteiger partial charge in [-0.3, -0.25) is 14.4 Å². The highest BCUT2D eigenvalue weighted by Crippen LogP contribution is 2.36. The SMILES string of the molecule is NC(=O)CN(CC(N)=O)C(=O)c1ccc2c(c1)Cc1ccccc1-2. The van der Waals surface area contributed by atoms with Crippen LogP contribution in [0.25, 0.3) is 11.1 Å². The molecule has 1 aliphatic carbocycles. The molecule has 6 heteroatoms. The molecular formula is C18H17N3O3. The van der Waals surface area contributed by atoms with E-state index in [9.17, 15) is 14.4 Å². The van der Waals surface area contributed by atoms with Crippen molar-refractivity contribution in [2.75, 3.05) is 13.1 Å². The normalized spacial score (nSPS) is 11.5. The summed E-state index contributed by atoms with van der Waals surface area (Å²) in [5, 5.41) is 0. The van der Waals surface area contributed by atoms with E-state index in [1.54, 1.807) is 12.1 Å². The zero-order valence-corrected chi connectivity index (χ0v) is 13.0. The molecule has 0 radical (unpaired) electrons. The Morgan fingerprint density at radius 1 is 0.875 bits per heavy atom. The number of carbonyl (C=O) groups excluding carboxylic acids is 3. The van der Waals surface area contributed by atoms with Crippen molar-refractivity contribution in [1.29, 1.82) is 0 Å². The Labute approximate surface area is 139 Å². The van der Waals surface area contributed by atoms with Crippen LogP contribution in [0, 0.1) is 0 Å². The van der Waals surface area contributed by atoms with Crippen molar-refractivity contribution in [1.82, 2.24) is 4.90 Å². The van der Waals surface area contributed by atoms with E-state index in [1.165, 1.54) is 5.56 Å². The summed E-state index contributed by atoms with van der Waals surface area (Å²) in [6.07, 6.45) is 0.748. The maximum Gasteiger partial charge on any atom is 0.254 e. The molecular weight excluding hydrogens is 306 g/mol. The smallest absolute Gasteiger partial charge is 0.254 e. The van der Waals surface area contributed by atoms with E-state index < -0.39 is 17.7 Å². The maximum absolute atomic E-state index is 12.6. The largest absolute Gasteiger partial charge is 0.368 e. The molecule has 0 saturated carbocycles. The lowest BCUT2D eigenvalue weighted by Gasteiger charge is -2.19. The van der Waals surface area contributed by atoms with Crippen molar-refractivity contribution < 1.29 is 14.4 Å². The minimum absolute atomic E-state index is 0.348. The lowest BCUT2D eigenvalue weighted by molar-refractivity contribution is -0.121. The Bertz CT molecular complexity index is 829. The molecule has 0 fully saturated rings. The van der Waals surface area contributed by atoms with Crippen LogP contribution in [0.5, 0.6) is 0 Å². The topological polar surface area (TPSA) is 106 Å². The van der Waals surface area contributed by atoms with Crippen LogP contribution in [-0.4, -0.2) is 35.7 Å². The molecule has 4 N–H and O–H groups in total. The Morgan fingerprint density at radius 3 is 2.17 bits per heavy atom. The highest BCUT2D eigenvalue weighted by molar-refractivity contribution is 5.99. The van der Waals surface area contributed by atoms with Gasteiger partial charge in [0.2, 0.25) is 11.8 Å². The number of primary amides is 2. The van der Waals surface area contributed by atoms with Gasteiger partial charge in [-0.05, 0) is 40.8 Å². The lowest BCUT2D eigenvalue weighted by atomic mass is 10.0. The van der Waals surface area contributed by atoms with Crippen LogP contribution in [0.15, 0.2) is 42.5 Å². The highest BCUT2D eigenvalue weighted by Gasteiger charge is 2.23. The number of carbonyl (C=O) groups is 3. The Morgan fingerprint density at radius 2 is 1.50 bits per heavy atom. The molecule has 2 aromatic rings. The summed E-state index contributed by atoms with van der Waals surface area (Å²) >= 11 is 0. The maximum atomic E-state index is 12.6. The van der Waals surface area contributed by atoms with Gasteiger partial charge in [-0.2, -0.15) is 0 Å². The van der Waals surface area contributed by atoms with Crippen molar-refractivity contribution in [2.45, 2.75) is 6.42 Å². The number of hydrogen-bond acceptors (Lipinski definition) is 3. The first-order valence-corrected chi connectivity index (χ1v) is 7.53. The Hall–Kier alpha value is -3.15. The lowest BCUT2D eigenvalue weighted by Crippen LogP contribution is -2.43. The molecule has 0 unspecified atom stereocenters. The van der Waals surface area contributed by atoms with E-state index in [-0.39, 0.29) is 13.1 Å². The molecule has 3 rings (SSSR count). The molecule has 6 nitrogen and oxygen atoms in total. The molecule has 0 bridgehead atoms. The van der Waals surface area contributed by atoms with Gasteiger partial charge in [-0.15, -0.1) is 0 Å². The van der Waals surface area contributed by atoms with Gasteiger partial charge >= 0.3 is 0 Å². The third-order valence-corrected chi connectivity index (χ3v) is 4.02. The summed E-state index contributed by atoms with van der Waals surface area (Å²) in [5.74, 6) is -1.83.